The smallest absolute Gasteiger partial charge is 0.239 e. The van der Waals surface area contributed by atoms with Crippen molar-refractivity contribution in [1.82, 2.24) is 4.98 Å². The van der Waals surface area contributed by atoms with Gasteiger partial charge in [0.1, 0.15) is 0 Å². The summed E-state index contributed by atoms with van der Waals surface area (Å²) < 4.78 is 1.12. The molecule has 1 amide bonds. The lowest BCUT2D eigenvalue weighted by atomic mass is 10.1. The molecular formula is C15H19BrN2OS. The number of nitrogens with zero attached hydrogens (tertiary/aromatic N) is 1. The maximum atomic E-state index is 12.1. The van der Waals surface area contributed by atoms with Crippen LogP contribution in [0.4, 0.5) is 5.13 Å². The molecule has 3 nitrogen and oxygen atoms in total. The van der Waals surface area contributed by atoms with E-state index in [0.717, 1.165) is 35.0 Å². The van der Waals surface area contributed by atoms with Gasteiger partial charge in [0.2, 0.25) is 5.91 Å². The van der Waals surface area contributed by atoms with Crippen LogP contribution < -0.4 is 5.32 Å². The maximum absolute atomic E-state index is 12.1. The minimum Gasteiger partial charge on any atom is -0.301 e. The third kappa shape index (κ3) is 3.58. The van der Waals surface area contributed by atoms with Gasteiger partial charge in [0.15, 0.2) is 5.13 Å². The summed E-state index contributed by atoms with van der Waals surface area (Å²) in [6.45, 7) is 6.25. The quantitative estimate of drug-likeness (QED) is 0.783. The number of fused-ring (bicyclic) bond motifs is 1. The average Bonchev–Trinajstić information content (AvgIpc) is 2.78. The Bertz CT molecular complexity index is 624. The first-order valence-corrected chi connectivity index (χ1v) is 8.57. The van der Waals surface area contributed by atoms with Gasteiger partial charge in [0.25, 0.3) is 0 Å². The zero-order valence-corrected chi connectivity index (χ0v) is 14.4. The molecule has 0 saturated carbocycles. The number of aromatic nitrogens is 1. The Morgan fingerprint density at radius 3 is 2.90 bits per heavy atom. The van der Waals surface area contributed by atoms with Gasteiger partial charge in [-0.1, -0.05) is 53.1 Å². The highest BCUT2D eigenvalue weighted by atomic mass is 79.9. The molecule has 1 atom stereocenters. The molecule has 1 heterocycles. The van der Waals surface area contributed by atoms with Gasteiger partial charge in [-0.2, -0.15) is 0 Å². The van der Waals surface area contributed by atoms with Gasteiger partial charge in [-0.3, -0.25) is 4.79 Å². The molecular weight excluding hydrogens is 336 g/mol. The molecule has 1 unspecified atom stereocenters. The van der Waals surface area contributed by atoms with Gasteiger partial charge in [-0.25, -0.2) is 4.98 Å². The van der Waals surface area contributed by atoms with Gasteiger partial charge in [0, 0.05) is 0 Å². The van der Waals surface area contributed by atoms with E-state index >= 15 is 0 Å². The van der Waals surface area contributed by atoms with Crippen LogP contribution in [0.5, 0.6) is 0 Å². The monoisotopic (exact) mass is 354 g/mol. The molecule has 1 aromatic carbocycles. The molecule has 2 aromatic rings. The van der Waals surface area contributed by atoms with Crippen molar-refractivity contribution in [2.45, 2.75) is 44.9 Å². The van der Waals surface area contributed by atoms with Gasteiger partial charge >= 0.3 is 0 Å². The fraction of sp³-hybridized carbons (Fsp3) is 0.467. The lowest BCUT2D eigenvalue weighted by Gasteiger charge is -2.07. The number of amides is 1. The Hall–Kier alpha value is -0.940. The van der Waals surface area contributed by atoms with Crippen LogP contribution in [0.2, 0.25) is 0 Å². The number of nitrogens with one attached hydrogen (secondary N) is 1. The Morgan fingerprint density at radius 2 is 2.20 bits per heavy atom. The standard InChI is InChI=1S/C15H19BrN2OS/c1-4-5-6-11(16)14(19)18-15-17-13-10(3)7-9(2)8-12(13)20-15/h7-8,11H,4-6H2,1-3H3,(H,17,18,19). The predicted molar refractivity (Wildman–Crippen MR) is 90.0 cm³/mol. The first-order chi connectivity index (χ1) is 9.51. The summed E-state index contributed by atoms with van der Waals surface area (Å²) >= 11 is 4.97. The molecule has 2 rings (SSSR count). The topological polar surface area (TPSA) is 42.0 Å². The number of benzene rings is 1. The number of anilines is 1. The molecule has 20 heavy (non-hydrogen) atoms. The third-order valence-electron chi connectivity index (χ3n) is 3.16. The maximum Gasteiger partial charge on any atom is 0.239 e. The van der Waals surface area contributed by atoms with Crippen LogP contribution in [-0.4, -0.2) is 15.7 Å². The van der Waals surface area contributed by atoms with E-state index in [1.165, 1.54) is 16.9 Å². The summed E-state index contributed by atoms with van der Waals surface area (Å²) in [7, 11) is 0. The number of aryl methyl sites for hydroxylation is 2. The number of thiazole rings is 1. The number of hydrogen-bond donors (Lipinski definition) is 1. The van der Waals surface area contributed by atoms with Crippen molar-refractivity contribution in [1.29, 1.82) is 0 Å². The van der Waals surface area contributed by atoms with Crippen LogP contribution in [0.1, 0.15) is 37.3 Å². The second-order valence-corrected chi connectivity index (χ2v) is 7.18. The Morgan fingerprint density at radius 1 is 1.45 bits per heavy atom. The highest BCUT2D eigenvalue weighted by Gasteiger charge is 2.16. The summed E-state index contributed by atoms with van der Waals surface area (Å²) in [5.74, 6) is -0.00752. The Balaban J connectivity index is 2.14. The number of alkyl halides is 1. The Kier molecular flexibility index (Phi) is 5.16. The van der Waals surface area contributed by atoms with E-state index < -0.39 is 0 Å². The zero-order valence-electron chi connectivity index (χ0n) is 12.0. The minimum absolute atomic E-state index is 0.00752. The first-order valence-electron chi connectivity index (χ1n) is 6.84. The summed E-state index contributed by atoms with van der Waals surface area (Å²) in [6, 6.07) is 4.22. The molecule has 0 aliphatic carbocycles. The van der Waals surface area contributed by atoms with E-state index in [1.807, 2.05) is 0 Å². The van der Waals surface area contributed by atoms with Gasteiger partial charge in [-0.15, -0.1) is 0 Å². The number of rotatable bonds is 5. The largest absolute Gasteiger partial charge is 0.301 e. The SMILES string of the molecule is CCCCC(Br)C(=O)Nc1nc2c(C)cc(C)cc2s1. The fourth-order valence-electron chi connectivity index (χ4n) is 2.12. The highest BCUT2D eigenvalue weighted by Crippen LogP contribution is 2.29. The number of hydrogen-bond acceptors (Lipinski definition) is 3. The van der Waals surface area contributed by atoms with Crippen molar-refractivity contribution >= 4 is 48.5 Å². The molecule has 108 valence electrons. The molecule has 0 aliphatic rings. The molecule has 0 fully saturated rings. The van der Waals surface area contributed by atoms with Gasteiger partial charge in [-0.05, 0) is 37.5 Å². The van der Waals surface area contributed by atoms with E-state index in [-0.39, 0.29) is 10.7 Å². The summed E-state index contributed by atoms with van der Waals surface area (Å²) in [4.78, 5) is 16.4. The van der Waals surface area contributed by atoms with Crippen molar-refractivity contribution in [2.75, 3.05) is 5.32 Å². The number of carbonyl (C=O) groups is 1. The van der Waals surface area contributed by atoms with E-state index in [9.17, 15) is 4.79 Å². The van der Waals surface area contributed by atoms with Crippen LogP contribution in [0, 0.1) is 13.8 Å². The molecule has 0 bridgehead atoms. The van der Waals surface area contributed by atoms with Crippen molar-refractivity contribution < 1.29 is 4.79 Å². The van der Waals surface area contributed by atoms with Crippen molar-refractivity contribution in [3.05, 3.63) is 23.3 Å². The second kappa shape index (κ2) is 6.68. The van der Waals surface area contributed by atoms with Gasteiger partial charge < -0.3 is 5.32 Å². The number of carbonyl (C=O) groups excluding carboxylic acids is 1. The van der Waals surface area contributed by atoms with Crippen LogP contribution in [0.15, 0.2) is 12.1 Å². The summed E-state index contributed by atoms with van der Waals surface area (Å²) in [5, 5.41) is 3.59. The molecule has 1 N–H and O–H groups in total. The number of unbranched alkanes of at least 4 members (excludes halogenated alkanes) is 1. The normalized spacial score (nSPS) is 12.6. The molecule has 0 spiro atoms. The first kappa shape index (κ1) is 15.4. The Labute approximate surface area is 131 Å². The summed E-state index contributed by atoms with van der Waals surface area (Å²) in [5.41, 5.74) is 3.35. The van der Waals surface area contributed by atoms with E-state index in [2.05, 4.69) is 59.1 Å². The van der Waals surface area contributed by atoms with Crippen molar-refractivity contribution in [3.63, 3.8) is 0 Å². The fourth-order valence-corrected chi connectivity index (χ4v) is 3.61. The second-order valence-electron chi connectivity index (χ2n) is 5.05. The molecule has 5 heteroatoms. The molecule has 0 saturated heterocycles. The molecule has 0 radical (unpaired) electrons. The lowest BCUT2D eigenvalue weighted by molar-refractivity contribution is -0.115. The van der Waals surface area contributed by atoms with Crippen molar-refractivity contribution in [2.24, 2.45) is 0 Å². The average molecular weight is 355 g/mol. The number of halogens is 1. The van der Waals surface area contributed by atoms with Crippen LogP contribution in [-0.2, 0) is 4.79 Å². The summed E-state index contributed by atoms with van der Waals surface area (Å²) in [6.07, 6.45) is 2.99. The van der Waals surface area contributed by atoms with E-state index in [0.29, 0.717) is 5.13 Å². The highest BCUT2D eigenvalue weighted by molar-refractivity contribution is 9.10. The molecule has 0 aliphatic heterocycles. The van der Waals surface area contributed by atoms with Crippen LogP contribution in [0.3, 0.4) is 0 Å². The predicted octanol–water partition coefficient (Wildman–Crippen LogP) is 4.81. The van der Waals surface area contributed by atoms with E-state index in [4.69, 9.17) is 0 Å². The van der Waals surface area contributed by atoms with Crippen LogP contribution >= 0.6 is 27.3 Å². The third-order valence-corrected chi connectivity index (χ3v) is 4.95. The molecule has 1 aromatic heterocycles. The minimum atomic E-state index is -0.141. The van der Waals surface area contributed by atoms with Crippen molar-refractivity contribution in [3.8, 4) is 0 Å². The lowest BCUT2D eigenvalue weighted by Crippen LogP contribution is -2.22. The zero-order chi connectivity index (χ0) is 14.7. The van der Waals surface area contributed by atoms with E-state index in [1.54, 1.807) is 0 Å². The van der Waals surface area contributed by atoms with Gasteiger partial charge in [0.05, 0.1) is 15.0 Å². The van der Waals surface area contributed by atoms with Crippen LogP contribution in [0.25, 0.3) is 10.2 Å².